The summed E-state index contributed by atoms with van der Waals surface area (Å²) in [6, 6.07) is 3.00. The van der Waals surface area contributed by atoms with E-state index in [0.717, 1.165) is 12.6 Å². The Morgan fingerprint density at radius 1 is 1.38 bits per heavy atom. The Bertz CT molecular complexity index is 217. The molecule has 0 saturated heterocycles. The summed E-state index contributed by atoms with van der Waals surface area (Å²) in [5.41, 5.74) is 1.44. The number of hydrogen-bond donors (Lipinski definition) is 1. The van der Waals surface area contributed by atoms with Crippen molar-refractivity contribution in [2.75, 3.05) is 0 Å². The van der Waals surface area contributed by atoms with E-state index in [-0.39, 0.29) is 12.4 Å². The Balaban J connectivity index is 0.000000845. The van der Waals surface area contributed by atoms with Gasteiger partial charge in [-0.2, -0.15) is 11.3 Å². The Hall–Kier alpha value is -0.0500. The number of rotatable bonds is 3. The van der Waals surface area contributed by atoms with Gasteiger partial charge in [0.05, 0.1) is 0 Å². The summed E-state index contributed by atoms with van der Waals surface area (Å²) in [4.78, 5) is 0. The Kier molecular flexibility index (Phi) is 4.78. The van der Waals surface area contributed by atoms with E-state index in [1.165, 1.54) is 31.2 Å². The molecule has 0 aliphatic heterocycles. The first-order valence-electron chi connectivity index (χ1n) is 4.69. The van der Waals surface area contributed by atoms with E-state index in [1.807, 2.05) is 0 Å². The van der Waals surface area contributed by atoms with E-state index in [2.05, 4.69) is 22.1 Å². The van der Waals surface area contributed by atoms with Gasteiger partial charge in [-0.15, -0.1) is 12.4 Å². The highest BCUT2D eigenvalue weighted by Crippen LogP contribution is 2.18. The number of halogens is 1. The maximum Gasteiger partial charge on any atom is 0.0216 e. The third kappa shape index (κ3) is 3.29. The van der Waals surface area contributed by atoms with E-state index in [9.17, 15) is 0 Å². The molecule has 1 aromatic heterocycles. The molecule has 1 aliphatic carbocycles. The molecule has 0 spiro atoms. The van der Waals surface area contributed by atoms with E-state index in [0.29, 0.717) is 0 Å². The van der Waals surface area contributed by atoms with Crippen LogP contribution in [0, 0.1) is 0 Å². The third-order valence-corrected chi connectivity index (χ3v) is 3.26. The predicted octanol–water partition coefficient (Wildman–Crippen LogP) is 3.20. The fraction of sp³-hybridized carbons (Fsp3) is 0.600. The molecule has 3 heteroatoms. The number of nitrogens with one attached hydrogen (secondary N) is 1. The van der Waals surface area contributed by atoms with Gasteiger partial charge in [0.1, 0.15) is 0 Å². The van der Waals surface area contributed by atoms with Crippen LogP contribution in [0.5, 0.6) is 0 Å². The molecule has 1 aromatic rings. The lowest BCUT2D eigenvalue weighted by molar-refractivity contribution is 0.525. The van der Waals surface area contributed by atoms with Gasteiger partial charge in [0.2, 0.25) is 0 Å². The van der Waals surface area contributed by atoms with Crippen molar-refractivity contribution in [1.82, 2.24) is 5.32 Å². The topological polar surface area (TPSA) is 12.0 Å². The lowest BCUT2D eigenvalue weighted by Gasteiger charge is -2.09. The smallest absolute Gasteiger partial charge is 0.0216 e. The molecule has 0 amide bonds. The highest BCUT2D eigenvalue weighted by atomic mass is 35.5. The molecule has 0 radical (unpaired) electrons. The van der Waals surface area contributed by atoms with E-state index in [1.54, 1.807) is 11.3 Å². The van der Waals surface area contributed by atoms with Crippen LogP contribution in [-0.4, -0.2) is 6.04 Å². The van der Waals surface area contributed by atoms with E-state index in [4.69, 9.17) is 0 Å². The first-order valence-corrected chi connectivity index (χ1v) is 5.64. The van der Waals surface area contributed by atoms with Gasteiger partial charge in [-0.25, -0.2) is 0 Å². The van der Waals surface area contributed by atoms with Crippen molar-refractivity contribution < 1.29 is 0 Å². The van der Waals surface area contributed by atoms with Gasteiger partial charge < -0.3 is 5.32 Å². The van der Waals surface area contributed by atoms with Crippen molar-refractivity contribution >= 4 is 23.7 Å². The van der Waals surface area contributed by atoms with Crippen LogP contribution in [0.25, 0.3) is 0 Å². The first kappa shape index (κ1) is 11.0. The summed E-state index contributed by atoms with van der Waals surface area (Å²) in [6.07, 6.45) is 5.59. The van der Waals surface area contributed by atoms with E-state index < -0.39 is 0 Å². The lowest BCUT2D eigenvalue weighted by atomic mass is 10.2. The second-order valence-electron chi connectivity index (χ2n) is 3.49. The minimum Gasteiger partial charge on any atom is -0.310 e. The molecule has 1 saturated carbocycles. The number of hydrogen-bond acceptors (Lipinski definition) is 2. The lowest BCUT2D eigenvalue weighted by Crippen LogP contribution is -2.24. The summed E-state index contributed by atoms with van der Waals surface area (Å²) < 4.78 is 0. The molecule has 1 heterocycles. The monoisotopic (exact) mass is 217 g/mol. The van der Waals surface area contributed by atoms with Crippen LogP contribution in [0.1, 0.15) is 31.2 Å². The Labute approximate surface area is 90.0 Å². The van der Waals surface area contributed by atoms with Crippen LogP contribution in [0.4, 0.5) is 0 Å². The molecule has 2 rings (SSSR count). The number of thiophene rings is 1. The molecule has 1 nitrogen and oxygen atoms in total. The fourth-order valence-electron chi connectivity index (χ4n) is 1.79. The summed E-state index contributed by atoms with van der Waals surface area (Å²) in [5.74, 6) is 0. The largest absolute Gasteiger partial charge is 0.310 e. The maximum absolute atomic E-state index is 3.59. The van der Waals surface area contributed by atoms with Gasteiger partial charge in [0.15, 0.2) is 0 Å². The Morgan fingerprint density at radius 3 is 2.77 bits per heavy atom. The normalized spacial score (nSPS) is 17.2. The minimum absolute atomic E-state index is 0. The molecule has 0 unspecified atom stereocenters. The summed E-state index contributed by atoms with van der Waals surface area (Å²) >= 11 is 1.78. The maximum atomic E-state index is 3.59. The van der Waals surface area contributed by atoms with Crippen molar-refractivity contribution in [2.24, 2.45) is 0 Å². The summed E-state index contributed by atoms with van der Waals surface area (Å²) in [5, 5.41) is 7.96. The molecule has 1 fully saturated rings. The van der Waals surface area contributed by atoms with Crippen LogP contribution in [-0.2, 0) is 6.54 Å². The molecule has 1 N–H and O–H groups in total. The minimum atomic E-state index is 0. The van der Waals surface area contributed by atoms with Crippen molar-refractivity contribution in [3.63, 3.8) is 0 Å². The summed E-state index contributed by atoms with van der Waals surface area (Å²) in [6.45, 7) is 1.06. The van der Waals surface area contributed by atoms with Crippen LogP contribution >= 0.6 is 23.7 Å². The van der Waals surface area contributed by atoms with Crippen LogP contribution in [0.15, 0.2) is 16.8 Å². The molecule has 1 aliphatic rings. The zero-order valence-electron chi connectivity index (χ0n) is 7.66. The molecule has 74 valence electrons. The zero-order valence-corrected chi connectivity index (χ0v) is 9.29. The van der Waals surface area contributed by atoms with Gasteiger partial charge in [-0.05, 0) is 35.2 Å². The van der Waals surface area contributed by atoms with Gasteiger partial charge in [-0.3, -0.25) is 0 Å². The third-order valence-electron chi connectivity index (χ3n) is 2.53. The van der Waals surface area contributed by atoms with E-state index >= 15 is 0 Å². The summed E-state index contributed by atoms with van der Waals surface area (Å²) in [7, 11) is 0. The second-order valence-corrected chi connectivity index (χ2v) is 4.27. The quantitative estimate of drug-likeness (QED) is 0.820. The molecular formula is C10H16ClNS. The van der Waals surface area contributed by atoms with Gasteiger partial charge in [0.25, 0.3) is 0 Å². The highest BCUT2D eigenvalue weighted by molar-refractivity contribution is 7.07. The van der Waals surface area contributed by atoms with Crippen molar-refractivity contribution in [1.29, 1.82) is 0 Å². The van der Waals surface area contributed by atoms with Crippen molar-refractivity contribution in [3.05, 3.63) is 22.4 Å². The first-order chi connectivity index (χ1) is 5.95. The second kappa shape index (κ2) is 5.63. The Morgan fingerprint density at radius 2 is 2.15 bits per heavy atom. The molecule has 0 atom stereocenters. The SMILES string of the molecule is Cl.c1cc(CNC2CCCC2)cs1. The van der Waals surface area contributed by atoms with Crippen molar-refractivity contribution in [2.45, 2.75) is 38.3 Å². The highest BCUT2D eigenvalue weighted by Gasteiger charge is 2.13. The molecule has 13 heavy (non-hydrogen) atoms. The van der Waals surface area contributed by atoms with Crippen LogP contribution in [0.3, 0.4) is 0 Å². The molecule has 0 bridgehead atoms. The van der Waals surface area contributed by atoms with Crippen LogP contribution < -0.4 is 5.32 Å². The fourth-order valence-corrected chi connectivity index (χ4v) is 2.45. The molecule has 0 aromatic carbocycles. The van der Waals surface area contributed by atoms with Gasteiger partial charge in [0, 0.05) is 12.6 Å². The average molecular weight is 218 g/mol. The molecular weight excluding hydrogens is 202 g/mol. The van der Waals surface area contributed by atoms with Crippen LogP contribution in [0.2, 0.25) is 0 Å². The average Bonchev–Trinajstić information content (AvgIpc) is 2.74. The van der Waals surface area contributed by atoms with Gasteiger partial charge >= 0.3 is 0 Å². The van der Waals surface area contributed by atoms with Gasteiger partial charge in [-0.1, -0.05) is 12.8 Å². The predicted molar refractivity (Wildman–Crippen MR) is 60.7 cm³/mol. The standard InChI is InChI=1S/C10H15NS.ClH/c1-2-4-10(3-1)11-7-9-5-6-12-8-9;/h5-6,8,10-11H,1-4,7H2;1H. The van der Waals surface area contributed by atoms with Crippen molar-refractivity contribution in [3.8, 4) is 0 Å². The zero-order chi connectivity index (χ0) is 8.23.